The topological polar surface area (TPSA) is 63.2 Å². The highest BCUT2D eigenvalue weighted by Crippen LogP contribution is 2.25. The van der Waals surface area contributed by atoms with Crippen molar-refractivity contribution in [2.75, 3.05) is 39.3 Å². The summed E-state index contributed by atoms with van der Waals surface area (Å²) in [7, 11) is 0. The zero-order valence-electron chi connectivity index (χ0n) is 35.0. The van der Waals surface area contributed by atoms with Crippen LogP contribution in [0.25, 0.3) is 0 Å². The van der Waals surface area contributed by atoms with Crippen LogP contribution in [0.15, 0.2) is 0 Å². The van der Waals surface area contributed by atoms with Crippen LogP contribution < -0.4 is 10.2 Å². The molecule has 0 fully saturated rings. The van der Waals surface area contributed by atoms with Crippen LogP contribution in [-0.4, -0.2) is 66.5 Å². The molecule has 0 N–H and O–H groups in total. The van der Waals surface area contributed by atoms with E-state index in [1.807, 2.05) is 0 Å². The molecule has 5 heteroatoms. The Hall–Kier alpha value is -0.810. The van der Waals surface area contributed by atoms with Gasteiger partial charge in [0.05, 0.1) is 51.4 Å². The van der Waals surface area contributed by atoms with Gasteiger partial charge < -0.3 is 24.0 Å². The summed E-state index contributed by atoms with van der Waals surface area (Å²) in [6.07, 6.45) is 31.3. The first-order valence-electron chi connectivity index (χ1n) is 21.7. The molecule has 48 heavy (non-hydrogen) atoms. The quantitative estimate of drug-likeness (QED) is 0.0523. The lowest BCUT2D eigenvalue weighted by Crippen LogP contribution is -2.56. The predicted octanol–water partition coefficient (Wildman–Crippen LogP) is 11.5. The van der Waals surface area contributed by atoms with Crippen LogP contribution >= 0.6 is 0 Å². The van der Waals surface area contributed by atoms with Gasteiger partial charge in [-0.25, -0.2) is 0 Å². The number of carboxylic acid groups (broad SMARTS) is 2. The van der Waals surface area contributed by atoms with Gasteiger partial charge >= 0.3 is 0 Å². The molecule has 0 aromatic heterocycles. The van der Waals surface area contributed by atoms with Crippen molar-refractivity contribution in [2.45, 2.75) is 235 Å². The fourth-order valence-corrected chi connectivity index (χ4v) is 7.60. The average Bonchev–Trinajstić information content (AvgIpc) is 3.06. The number of quaternary nitrogens is 2. The Balaban J connectivity index is -0.000000758. The van der Waals surface area contributed by atoms with Crippen molar-refractivity contribution in [3.63, 3.8) is 0 Å². The minimum absolute atomic E-state index is 0.866. The molecular weight excluding hydrogens is 592 g/mol. The molecule has 0 heterocycles. The lowest BCUT2D eigenvalue weighted by Gasteiger charge is -2.44. The first kappa shape index (κ1) is 51.6. The SMILES string of the molecule is CCCCC[N+](CCCCC)(CCCCC)C(C)CCCC.CCCCC[N+](CCCCC)(CCCCC)C(C)CCCC.O=C([O-])[O-]. The molecule has 0 aliphatic carbocycles. The van der Waals surface area contributed by atoms with Gasteiger partial charge in [0.15, 0.2) is 0 Å². The molecule has 0 aliphatic rings. The van der Waals surface area contributed by atoms with Gasteiger partial charge in [-0.3, -0.25) is 0 Å². The molecule has 0 amide bonds. The molecule has 0 aromatic carbocycles. The third-order valence-electron chi connectivity index (χ3n) is 11.1. The van der Waals surface area contributed by atoms with Crippen molar-refractivity contribution in [3.05, 3.63) is 0 Å². The van der Waals surface area contributed by atoms with Gasteiger partial charge in [-0.05, 0) is 123 Å². The van der Waals surface area contributed by atoms with Crippen LogP contribution in [-0.2, 0) is 0 Å². The van der Waals surface area contributed by atoms with E-state index in [1.165, 1.54) is 202 Å². The van der Waals surface area contributed by atoms with Crippen LogP contribution in [0.1, 0.15) is 223 Å². The van der Waals surface area contributed by atoms with E-state index in [1.54, 1.807) is 0 Å². The first-order chi connectivity index (χ1) is 23.1. The van der Waals surface area contributed by atoms with Crippen molar-refractivity contribution in [3.8, 4) is 0 Å². The number of carbonyl (C=O) groups is 1. The summed E-state index contributed by atoms with van der Waals surface area (Å²) in [6, 6.07) is 1.73. The van der Waals surface area contributed by atoms with Crippen LogP contribution in [0.2, 0.25) is 0 Å². The standard InChI is InChI=1S/2C21H46N.CH2O3/c2*1-6-10-14-18-22(19-15-11-7-2,20-16-12-8-3)21(5)17-13-9-4;2-1(3)4/h2*21H,6-20H2,1-5H3;(H2,2,3,4)/q2*+1;/p-2. The zero-order chi connectivity index (χ0) is 36.9. The summed E-state index contributed by atoms with van der Waals surface area (Å²) in [5, 5.41) is 16.7. The molecule has 0 saturated carbocycles. The van der Waals surface area contributed by atoms with Gasteiger partial charge in [0, 0.05) is 0 Å². The van der Waals surface area contributed by atoms with E-state index in [4.69, 9.17) is 15.0 Å². The minimum Gasteiger partial charge on any atom is -0.652 e. The summed E-state index contributed by atoms with van der Waals surface area (Å²) in [4.78, 5) is 8.33. The predicted molar refractivity (Wildman–Crippen MR) is 210 cm³/mol. The second-order valence-corrected chi connectivity index (χ2v) is 15.3. The first-order valence-corrected chi connectivity index (χ1v) is 21.7. The van der Waals surface area contributed by atoms with E-state index >= 15 is 0 Å². The molecule has 2 unspecified atom stereocenters. The van der Waals surface area contributed by atoms with Gasteiger partial charge in [-0.2, -0.15) is 0 Å². The molecule has 0 aliphatic heterocycles. The highest BCUT2D eigenvalue weighted by molar-refractivity contribution is 5.47. The maximum absolute atomic E-state index is 8.33. The summed E-state index contributed by atoms with van der Waals surface area (Å²) in [6.45, 7) is 32.4. The Morgan fingerprint density at radius 2 is 0.542 bits per heavy atom. The van der Waals surface area contributed by atoms with Crippen LogP contribution in [0.4, 0.5) is 4.79 Å². The number of nitrogens with zero attached hydrogens (tertiary/aromatic N) is 2. The molecular formula is C43H92N2O3. The molecule has 0 saturated heterocycles. The van der Waals surface area contributed by atoms with E-state index < -0.39 is 6.16 Å². The molecule has 2 atom stereocenters. The Labute approximate surface area is 304 Å². The maximum atomic E-state index is 8.33. The minimum atomic E-state index is -2.33. The van der Waals surface area contributed by atoms with E-state index in [-0.39, 0.29) is 0 Å². The van der Waals surface area contributed by atoms with Gasteiger partial charge in [-0.15, -0.1) is 0 Å². The second-order valence-electron chi connectivity index (χ2n) is 15.3. The van der Waals surface area contributed by atoms with Gasteiger partial charge in [0.25, 0.3) is 0 Å². The van der Waals surface area contributed by atoms with Crippen molar-refractivity contribution >= 4 is 6.16 Å². The normalized spacial score (nSPS) is 12.9. The third kappa shape index (κ3) is 29.0. The Morgan fingerprint density at radius 1 is 0.375 bits per heavy atom. The van der Waals surface area contributed by atoms with E-state index in [0.29, 0.717) is 0 Å². The van der Waals surface area contributed by atoms with Crippen LogP contribution in [0.3, 0.4) is 0 Å². The smallest absolute Gasteiger partial charge is 0.0861 e. The van der Waals surface area contributed by atoms with Crippen molar-refractivity contribution in [2.24, 2.45) is 0 Å². The highest BCUT2D eigenvalue weighted by Gasteiger charge is 2.33. The fraction of sp³-hybridized carbons (Fsp3) is 0.977. The van der Waals surface area contributed by atoms with Gasteiger partial charge in [-0.1, -0.05) is 107 Å². The van der Waals surface area contributed by atoms with E-state index in [0.717, 1.165) is 12.1 Å². The average molecular weight is 685 g/mol. The molecule has 0 aromatic rings. The van der Waals surface area contributed by atoms with Crippen LogP contribution in [0.5, 0.6) is 0 Å². The molecule has 0 spiro atoms. The fourth-order valence-electron chi connectivity index (χ4n) is 7.60. The van der Waals surface area contributed by atoms with Crippen molar-refractivity contribution in [1.29, 1.82) is 0 Å². The molecule has 0 rings (SSSR count). The highest BCUT2D eigenvalue weighted by atomic mass is 16.6. The summed E-state index contributed by atoms with van der Waals surface area (Å²) < 4.78 is 2.86. The monoisotopic (exact) mass is 685 g/mol. The Bertz CT molecular complexity index is 536. The largest absolute Gasteiger partial charge is 0.652 e. The lowest BCUT2D eigenvalue weighted by molar-refractivity contribution is -0.950. The molecule has 0 bridgehead atoms. The Kier molecular flexibility index (Phi) is 40.2. The number of carbonyl (C=O) groups excluding carboxylic acids is 1. The summed E-state index contributed by atoms with van der Waals surface area (Å²) >= 11 is 0. The summed E-state index contributed by atoms with van der Waals surface area (Å²) in [5.74, 6) is 0. The number of hydrogen-bond acceptors (Lipinski definition) is 3. The van der Waals surface area contributed by atoms with E-state index in [2.05, 4.69) is 69.2 Å². The number of unbranched alkanes of at least 4 members (excludes halogenated alkanes) is 14. The van der Waals surface area contributed by atoms with E-state index in [9.17, 15) is 0 Å². The Morgan fingerprint density at radius 3 is 0.688 bits per heavy atom. The molecule has 0 radical (unpaired) electrons. The number of rotatable bonds is 32. The maximum Gasteiger partial charge on any atom is 0.0861 e. The third-order valence-corrected chi connectivity index (χ3v) is 11.1. The number of hydrogen-bond donors (Lipinski definition) is 0. The van der Waals surface area contributed by atoms with Crippen molar-refractivity contribution in [1.82, 2.24) is 0 Å². The summed E-state index contributed by atoms with van der Waals surface area (Å²) in [5.41, 5.74) is 0. The van der Waals surface area contributed by atoms with Crippen molar-refractivity contribution < 1.29 is 24.0 Å². The second kappa shape index (κ2) is 37.4. The zero-order valence-corrected chi connectivity index (χ0v) is 35.0. The van der Waals surface area contributed by atoms with Crippen LogP contribution in [0, 0.1) is 0 Å². The molecule has 292 valence electrons. The van der Waals surface area contributed by atoms with Gasteiger partial charge in [0.2, 0.25) is 0 Å². The molecule has 5 nitrogen and oxygen atoms in total. The lowest BCUT2D eigenvalue weighted by atomic mass is 10.0. The van der Waals surface area contributed by atoms with Gasteiger partial charge in [0.1, 0.15) is 0 Å².